The van der Waals surface area contributed by atoms with Crippen molar-refractivity contribution in [3.05, 3.63) is 70.5 Å². The summed E-state index contributed by atoms with van der Waals surface area (Å²) in [5, 5.41) is 0.674. The molecule has 1 aliphatic rings. The zero-order chi connectivity index (χ0) is 17.9. The van der Waals surface area contributed by atoms with Gasteiger partial charge in [0.05, 0.1) is 5.75 Å². The first-order chi connectivity index (χ1) is 11.9. The number of hydrogen-bond donors (Lipinski definition) is 0. The van der Waals surface area contributed by atoms with Gasteiger partial charge in [0.15, 0.2) is 0 Å². The zero-order valence-electron chi connectivity index (χ0n) is 13.9. The third-order valence-electron chi connectivity index (χ3n) is 4.61. The molecule has 1 atom stereocenters. The molecule has 2 aromatic carbocycles. The minimum atomic E-state index is -3.48. The number of nitrogens with zero attached hydrogens (tertiary/aromatic N) is 1. The Balaban J connectivity index is 1.78. The highest BCUT2D eigenvalue weighted by atomic mass is 35.5. The van der Waals surface area contributed by atoms with Crippen LogP contribution >= 0.6 is 11.6 Å². The lowest BCUT2D eigenvalue weighted by Crippen LogP contribution is -2.35. The van der Waals surface area contributed by atoms with E-state index in [4.69, 9.17) is 11.6 Å². The van der Waals surface area contributed by atoms with E-state index in [1.807, 2.05) is 24.3 Å². The molecule has 1 heterocycles. The number of hydrogen-bond acceptors (Lipinski definition) is 2. The lowest BCUT2D eigenvalue weighted by atomic mass is 9.95. The maximum atomic E-state index is 13.3. The Hall–Kier alpha value is -1.43. The second-order valence-corrected chi connectivity index (χ2v) is 8.89. The van der Waals surface area contributed by atoms with Gasteiger partial charge in [-0.1, -0.05) is 42.3 Å². The smallest absolute Gasteiger partial charge is 0.212 e. The van der Waals surface area contributed by atoms with Crippen LogP contribution in [0.4, 0.5) is 4.39 Å². The molecule has 2 aromatic rings. The fourth-order valence-corrected chi connectivity index (χ4v) is 5.02. The lowest BCUT2D eigenvalue weighted by Gasteiger charge is -2.24. The minimum Gasteiger partial charge on any atom is -0.212 e. The standard InChI is InChI=1S/C19H21ClFNO2S/c20-18-9-7-16(8-10-18)17-5-1-2-11-22(13-17)25(23,24)14-15-4-3-6-19(21)12-15/h3-4,6-10,12,17H,1-2,5,11,13-14H2. The Kier molecular flexibility index (Phi) is 5.77. The van der Waals surface area contributed by atoms with Crippen LogP contribution in [0.25, 0.3) is 0 Å². The summed E-state index contributed by atoms with van der Waals surface area (Å²) in [5.41, 5.74) is 1.59. The third kappa shape index (κ3) is 4.81. The average molecular weight is 382 g/mol. The molecule has 0 amide bonds. The van der Waals surface area contributed by atoms with E-state index in [0.717, 1.165) is 24.8 Å². The first-order valence-electron chi connectivity index (χ1n) is 8.42. The highest BCUT2D eigenvalue weighted by Crippen LogP contribution is 2.29. The molecule has 0 bridgehead atoms. The van der Waals surface area contributed by atoms with Gasteiger partial charge >= 0.3 is 0 Å². The molecule has 1 aliphatic heterocycles. The van der Waals surface area contributed by atoms with Crippen molar-refractivity contribution < 1.29 is 12.8 Å². The van der Waals surface area contributed by atoms with Crippen LogP contribution in [0.1, 0.15) is 36.3 Å². The SMILES string of the molecule is O=S(=O)(Cc1cccc(F)c1)N1CCCCC(c2ccc(Cl)cc2)C1. The Morgan fingerprint density at radius 1 is 1.12 bits per heavy atom. The molecule has 6 heteroatoms. The van der Waals surface area contributed by atoms with Gasteiger partial charge < -0.3 is 0 Å². The van der Waals surface area contributed by atoms with E-state index in [2.05, 4.69) is 0 Å². The monoisotopic (exact) mass is 381 g/mol. The largest absolute Gasteiger partial charge is 0.218 e. The first-order valence-corrected chi connectivity index (χ1v) is 10.4. The van der Waals surface area contributed by atoms with Crippen molar-refractivity contribution in [1.29, 1.82) is 0 Å². The molecule has 3 rings (SSSR count). The summed E-state index contributed by atoms with van der Waals surface area (Å²) in [4.78, 5) is 0. The lowest BCUT2D eigenvalue weighted by molar-refractivity contribution is 0.405. The van der Waals surface area contributed by atoms with E-state index < -0.39 is 15.8 Å². The predicted molar refractivity (Wildman–Crippen MR) is 98.6 cm³/mol. The van der Waals surface area contributed by atoms with E-state index in [-0.39, 0.29) is 11.7 Å². The molecule has 3 nitrogen and oxygen atoms in total. The van der Waals surface area contributed by atoms with Crippen LogP contribution in [-0.2, 0) is 15.8 Å². The van der Waals surface area contributed by atoms with Crippen molar-refractivity contribution in [2.75, 3.05) is 13.1 Å². The normalized spacial score (nSPS) is 19.5. The summed E-state index contributed by atoms with van der Waals surface area (Å²) in [6.07, 6.45) is 2.78. The maximum Gasteiger partial charge on any atom is 0.218 e. The Morgan fingerprint density at radius 2 is 1.88 bits per heavy atom. The second-order valence-electron chi connectivity index (χ2n) is 6.49. The molecule has 0 aromatic heterocycles. The van der Waals surface area contributed by atoms with E-state index in [0.29, 0.717) is 23.7 Å². The summed E-state index contributed by atoms with van der Waals surface area (Å²) in [7, 11) is -3.48. The first kappa shape index (κ1) is 18.4. The molecule has 1 unspecified atom stereocenters. The fraction of sp³-hybridized carbons (Fsp3) is 0.368. The number of rotatable bonds is 4. The summed E-state index contributed by atoms with van der Waals surface area (Å²) in [6, 6.07) is 13.4. The second kappa shape index (κ2) is 7.85. The maximum absolute atomic E-state index is 13.3. The van der Waals surface area contributed by atoms with Crippen LogP contribution in [0, 0.1) is 5.82 Å². The van der Waals surface area contributed by atoms with Gasteiger partial charge in [-0.3, -0.25) is 0 Å². The van der Waals surface area contributed by atoms with Crippen LogP contribution in [0.2, 0.25) is 5.02 Å². The van der Waals surface area contributed by atoms with Crippen LogP contribution in [0.15, 0.2) is 48.5 Å². The Morgan fingerprint density at radius 3 is 2.60 bits per heavy atom. The topological polar surface area (TPSA) is 37.4 Å². The molecule has 0 N–H and O–H groups in total. The van der Waals surface area contributed by atoms with E-state index >= 15 is 0 Å². The van der Waals surface area contributed by atoms with Gasteiger partial charge in [0, 0.05) is 18.1 Å². The van der Waals surface area contributed by atoms with Crippen molar-refractivity contribution in [2.24, 2.45) is 0 Å². The van der Waals surface area contributed by atoms with E-state index in [9.17, 15) is 12.8 Å². The van der Waals surface area contributed by atoms with Crippen molar-refractivity contribution >= 4 is 21.6 Å². The number of sulfonamides is 1. The van der Waals surface area contributed by atoms with Gasteiger partial charge in [0.25, 0.3) is 0 Å². The molecule has 1 saturated heterocycles. The van der Waals surface area contributed by atoms with Crippen LogP contribution in [0.5, 0.6) is 0 Å². The van der Waals surface area contributed by atoms with Gasteiger partial charge in [-0.25, -0.2) is 17.1 Å². The third-order valence-corrected chi connectivity index (χ3v) is 6.68. The Bertz CT molecular complexity index is 824. The zero-order valence-corrected chi connectivity index (χ0v) is 15.4. The Labute approximate surface area is 153 Å². The van der Waals surface area contributed by atoms with Gasteiger partial charge in [-0.2, -0.15) is 0 Å². The van der Waals surface area contributed by atoms with Crippen LogP contribution in [-0.4, -0.2) is 25.8 Å². The van der Waals surface area contributed by atoms with E-state index in [1.54, 1.807) is 16.4 Å². The molecule has 0 saturated carbocycles. The molecule has 0 radical (unpaired) electrons. The summed E-state index contributed by atoms with van der Waals surface area (Å²) >= 11 is 5.95. The fourth-order valence-electron chi connectivity index (χ4n) is 3.30. The number of halogens is 2. The minimum absolute atomic E-state index is 0.155. The molecular formula is C19H21ClFNO2S. The van der Waals surface area contributed by atoms with Gasteiger partial charge in [0.1, 0.15) is 5.82 Å². The van der Waals surface area contributed by atoms with Gasteiger partial charge in [-0.15, -0.1) is 0 Å². The highest BCUT2D eigenvalue weighted by Gasteiger charge is 2.28. The van der Waals surface area contributed by atoms with E-state index in [1.165, 1.54) is 12.1 Å². The molecule has 0 spiro atoms. The van der Waals surface area contributed by atoms with Crippen LogP contribution < -0.4 is 0 Å². The van der Waals surface area contributed by atoms with Gasteiger partial charge in [-0.05, 0) is 54.2 Å². The average Bonchev–Trinajstić information content (AvgIpc) is 2.82. The van der Waals surface area contributed by atoms with Crippen molar-refractivity contribution in [1.82, 2.24) is 4.31 Å². The molecule has 1 fully saturated rings. The van der Waals surface area contributed by atoms with Crippen molar-refractivity contribution in [3.8, 4) is 0 Å². The molecule has 134 valence electrons. The van der Waals surface area contributed by atoms with Crippen molar-refractivity contribution in [2.45, 2.75) is 30.9 Å². The number of benzene rings is 2. The van der Waals surface area contributed by atoms with Gasteiger partial charge in [0.2, 0.25) is 10.0 Å². The molecule has 25 heavy (non-hydrogen) atoms. The van der Waals surface area contributed by atoms with Crippen molar-refractivity contribution in [3.63, 3.8) is 0 Å². The van der Waals surface area contributed by atoms with Crippen LogP contribution in [0.3, 0.4) is 0 Å². The quantitative estimate of drug-likeness (QED) is 0.777. The highest BCUT2D eigenvalue weighted by molar-refractivity contribution is 7.88. The summed E-state index contributed by atoms with van der Waals surface area (Å²) in [5.74, 6) is -0.428. The summed E-state index contributed by atoms with van der Waals surface area (Å²) in [6.45, 7) is 0.973. The molecular weight excluding hydrogens is 361 g/mol. The predicted octanol–water partition coefficient (Wildman–Crippen LogP) is 4.58. The summed E-state index contributed by atoms with van der Waals surface area (Å²) < 4.78 is 40.6. The molecule has 0 aliphatic carbocycles.